The molecule has 3 aromatic rings. The molecule has 0 spiro atoms. The highest BCUT2D eigenvalue weighted by molar-refractivity contribution is 6.33. The Kier molecular flexibility index (Phi) is 8.30. The van der Waals surface area contributed by atoms with E-state index < -0.39 is 0 Å². The number of aromatic nitrogens is 3. The van der Waals surface area contributed by atoms with Crippen molar-refractivity contribution >= 4 is 35.6 Å². The van der Waals surface area contributed by atoms with Gasteiger partial charge in [0.2, 0.25) is 5.95 Å². The molecule has 33 heavy (non-hydrogen) atoms. The van der Waals surface area contributed by atoms with Crippen molar-refractivity contribution in [3.05, 3.63) is 63.9 Å². The lowest BCUT2D eigenvalue weighted by molar-refractivity contribution is 0.411. The number of nitrogens with zero attached hydrogens (tertiary/aromatic N) is 4. The average molecular weight is 489 g/mol. The van der Waals surface area contributed by atoms with Crippen molar-refractivity contribution in [2.75, 3.05) is 12.0 Å². The minimum atomic E-state index is 0. The molecule has 1 aromatic heterocycles. The molecule has 5 nitrogen and oxygen atoms in total. The zero-order valence-electron chi connectivity index (χ0n) is 20.1. The van der Waals surface area contributed by atoms with Gasteiger partial charge in [-0.25, -0.2) is 4.68 Å². The number of rotatable bonds is 9. The smallest absolute Gasteiger partial charge is 0.250 e. The number of hydrogen-bond acceptors (Lipinski definition) is 4. The molecule has 0 bridgehead atoms. The fraction of sp³-hybridized carbons (Fsp3) is 0.462. The van der Waals surface area contributed by atoms with Crippen LogP contribution in [0.2, 0.25) is 5.02 Å². The number of methoxy groups -OCH3 is 1. The quantitative estimate of drug-likeness (QED) is 0.315. The van der Waals surface area contributed by atoms with Crippen LogP contribution in [-0.4, -0.2) is 21.9 Å². The molecule has 4 rings (SSSR count). The average Bonchev–Trinajstić information content (AvgIpc) is 3.52. The van der Waals surface area contributed by atoms with E-state index in [1.54, 1.807) is 7.11 Å². The van der Waals surface area contributed by atoms with Crippen molar-refractivity contribution < 1.29 is 4.74 Å². The summed E-state index contributed by atoms with van der Waals surface area (Å²) in [5.41, 5.74) is 4.47. The molecule has 1 saturated carbocycles. The van der Waals surface area contributed by atoms with Crippen molar-refractivity contribution in [2.45, 2.75) is 66.0 Å². The largest absolute Gasteiger partial charge is 0.496 e. The first-order valence-corrected chi connectivity index (χ1v) is 11.9. The van der Waals surface area contributed by atoms with Gasteiger partial charge in [-0.15, -0.1) is 17.5 Å². The third-order valence-electron chi connectivity index (χ3n) is 6.25. The Hall–Kier alpha value is -2.24. The molecule has 178 valence electrons. The summed E-state index contributed by atoms with van der Waals surface area (Å²) in [6, 6.07) is 12.9. The predicted octanol–water partition coefficient (Wildman–Crippen LogP) is 7.38. The first-order valence-electron chi connectivity index (χ1n) is 11.5. The number of anilines is 2. The van der Waals surface area contributed by atoms with E-state index in [9.17, 15) is 0 Å². The third kappa shape index (κ3) is 5.64. The lowest BCUT2D eigenvalue weighted by atomic mass is 9.97. The first kappa shape index (κ1) is 25.4. The van der Waals surface area contributed by atoms with E-state index in [2.05, 4.69) is 49.1 Å². The molecule has 1 fully saturated rings. The van der Waals surface area contributed by atoms with E-state index in [1.807, 2.05) is 24.6 Å². The summed E-state index contributed by atoms with van der Waals surface area (Å²) in [7, 11) is 1.68. The van der Waals surface area contributed by atoms with E-state index in [1.165, 1.54) is 24.0 Å². The van der Waals surface area contributed by atoms with E-state index in [0.717, 1.165) is 48.1 Å². The summed E-state index contributed by atoms with van der Waals surface area (Å²) in [5, 5.41) is 5.57. The second kappa shape index (κ2) is 10.8. The van der Waals surface area contributed by atoms with Crippen LogP contribution in [0.1, 0.15) is 61.2 Å². The van der Waals surface area contributed by atoms with Crippen LogP contribution in [0.3, 0.4) is 0 Å². The zero-order valence-corrected chi connectivity index (χ0v) is 21.7. The van der Waals surface area contributed by atoms with Gasteiger partial charge in [0, 0.05) is 12.6 Å². The molecule has 1 atom stereocenters. The van der Waals surface area contributed by atoms with E-state index in [-0.39, 0.29) is 18.4 Å². The van der Waals surface area contributed by atoms with Gasteiger partial charge in [0.1, 0.15) is 11.6 Å². The Labute approximate surface area is 208 Å². The summed E-state index contributed by atoms with van der Waals surface area (Å²) >= 11 is 6.86. The molecule has 0 unspecified atom stereocenters. The summed E-state index contributed by atoms with van der Waals surface area (Å²) in [6.07, 6.45) is 4.62. The number of halogens is 2. The predicted molar refractivity (Wildman–Crippen MR) is 138 cm³/mol. The van der Waals surface area contributed by atoms with Crippen LogP contribution in [-0.2, 0) is 6.54 Å². The number of ether oxygens (including phenoxy) is 1. The number of benzene rings is 2. The Morgan fingerprint density at radius 3 is 2.45 bits per heavy atom. The molecule has 0 amide bonds. The van der Waals surface area contributed by atoms with Crippen LogP contribution in [0.4, 0.5) is 11.6 Å². The summed E-state index contributed by atoms with van der Waals surface area (Å²) in [6.45, 7) is 9.20. The monoisotopic (exact) mass is 488 g/mol. The fourth-order valence-corrected chi connectivity index (χ4v) is 4.49. The topological polar surface area (TPSA) is 43.2 Å². The van der Waals surface area contributed by atoms with Crippen LogP contribution in [0, 0.1) is 26.7 Å². The highest BCUT2D eigenvalue weighted by atomic mass is 35.5. The first-order chi connectivity index (χ1) is 15.4. The SMILES string of the molecule is CCCn1nc(N(c2cc(C)c(OC)cc2Cl)[C@@H](CC2CC2)c2ccc(C)cc2)nc1C.Cl. The Morgan fingerprint density at radius 1 is 1.15 bits per heavy atom. The van der Waals surface area contributed by atoms with Crippen LogP contribution in [0.25, 0.3) is 0 Å². The van der Waals surface area contributed by atoms with Crippen molar-refractivity contribution in [2.24, 2.45) is 5.92 Å². The highest BCUT2D eigenvalue weighted by Gasteiger charge is 2.34. The minimum Gasteiger partial charge on any atom is -0.496 e. The molecule has 0 radical (unpaired) electrons. The Bertz CT molecular complexity index is 1080. The summed E-state index contributed by atoms with van der Waals surface area (Å²) in [4.78, 5) is 7.15. The number of aryl methyl sites for hydroxylation is 4. The maximum absolute atomic E-state index is 6.86. The van der Waals surface area contributed by atoms with Gasteiger partial charge in [0.15, 0.2) is 0 Å². The molecule has 2 aromatic carbocycles. The Balaban J connectivity index is 0.00000306. The van der Waals surface area contributed by atoms with Crippen molar-refractivity contribution in [3.63, 3.8) is 0 Å². The van der Waals surface area contributed by atoms with Crippen molar-refractivity contribution in [1.82, 2.24) is 14.8 Å². The maximum Gasteiger partial charge on any atom is 0.250 e. The second-order valence-corrected chi connectivity index (χ2v) is 9.34. The van der Waals surface area contributed by atoms with Crippen LogP contribution < -0.4 is 9.64 Å². The molecular weight excluding hydrogens is 455 g/mol. The third-order valence-corrected chi connectivity index (χ3v) is 6.55. The van der Waals surface area contributed by atoms with Gasteiger partial charge in [0.05, 0.1) is 23.9 Å². The van der Waals surface area contributed by atoms with Gasteiger partial charge in [-0.3, -0.25) is 0 Å². The molecule has 0 N–H and O–H groups in total. The summed E-state index contributed by atoms with van der Waals surface area (Å²) in [5.74, 6) is 3.13. The van der Waals surface area contributed by atoms with Crippen molar-refractivity contribution in [1.29, 1.82) is 0 Å². The van der Waals surface area contributed by atoms with Crippen molar-refractivity contribution in [3.8, 4) is 5.75 Å². The van der Waals surface area contributed by atoms with E-state index in [0.29, 0.717) is 11.0 Å². The normalized spacial score (nSPS) is 14.0. The van der Waals surface area contributed by atoms with Gasteiger partial charge < -0.3 is 9.64 Å². The lowest BCUT2D eigenvalue weighted by Gasteiger charge is -2.33. The zero-order chi connectivity index (χ0) is 22.8. The molecule has 1 heterocycles. The Morgan fingerprint density at radius 2 is 1.85 bits per heavy atom. The van der Waals surface area contributed by atoms with Crippen LogP contribution in [0.5, 0.6) is 5.75 Å². The van der Waals surface area contributed by atoms with E-state index >= 15 is 0 Å². The van der Waals surface area contributed by atoms with Gasteiger partial charge in [-0.05, 0) is 56.7 Å². The minimum absolute atomic E-state index is 0. The standard InChI is InChI=1S/C26H33ClN4O.ClH/c1-6-13-30-19(4)28-26(29-30)31(24-14-18(3)25(32-5)16-22(24)27)23(15-20-9-10-20)21-11-7-17(2)8-12-21;/h7-8,11-12,14,16,20,23H,6,9-10,13,15H2,1-5H3;1H/t23-;/m0./s1. The van der Waals surface area contributed by atoms with Crippen LogP contribution >= 0.6 is 24.0 Å². The van der Waals surface area contributed by atoms with E-state index in [4.69, 9.17) is 26.4 Å². The van der Waals surface area contributed by atoms with Crippen LogP contribution in [0.15, 0.2) is 36.4 Å². The highest BCUT2D eigenvalue weighted by Crippen LogP contribution is 2.46. The lowest BCUT2D eigenvalue weighted by Crippen LogP contribution is -2.26. The molecule has 0 saturated heterocycles. The molecule has 7 heteroatoms. The molecule has 1 aliphatic carbocycles. The van der Waals surface area contributed by atoms with Gasteiger partial charge >= 0.3 is 0 Å². The number of hydrogen-bond donors (Lipinski definition) is 0. The molecule has 1 aliphatic rings. The molecule has 0 aliphatic heterocycles. The summed E-state index contributed by atoms with van der Waals surface area (Å²) < 4.78 is 7.51. The molecular formula is C26H34Cl2N4O. The van der Waals surface area contributed by atoms with Gasteiger partial charge in [-0.2, -0.15) is 4.98 Å². The van der Waals surface area contributed by atoms with Gasteiger partial charge in [0.25, 0.3) is 0 Å². The maximum atomic E-state index is 6.86. The fourth-order valence-electron chi connectivity index (χ4n) is 4.25. The van der Waals surface area contributed by atoms with Gasteiger partial charge in [-0.1, -0.05) is 61.2 Å². The second-order valence-electron chi connectivity index (χ2n) is 8.93.